The Balaban J connectivity index is 2.74. The molecule has 7 heteroatoms. The molecule has 17 heavy (non-hydrogen) atoms. The van der Waals surface area contributed by atoms with Gasteiger partial charge < -0.3 is 9.84 Å². The van der Waals surface area contributed by atoms with Crippen molar-refractivity contribution >= 4 is 16.0 Å². The molecule has 2 atom stereocenters. The van der Waals surface area contributed by atoms with Crippen molar-refractivity contribution in [1.82, 2.24) is 4.31 Å². The number of unbranched alkanes of at least 4 members (excludes halogenated alkanes) is 1. The molecule has 1 aliphatic heterocycles. The third kappa shape index (κ3) is 3.40. The van der Waals surface area contributed by atoms with E-state index in [-0.39, 0.29) is 19.0 Å². The molecule has 0 aromatic rings. The third-order valence-corrected chi connectivity index (χ3v) is 4.98. The molecule has 6 nitrogen and oxygen atoms in total. The molecule has 0 saturated carbocycles. The van der Waals surface area contributed by atoms with Crippen LogP contribution < -0.4 is 0 Å². The van der Waals surface area contributed by atoms with Gasteiger partial charge in [-0.1, -0.05) is 13.3 Å². The van der Waals surface area contributed by atoms with Crippen LogP contribution >= 0.6 is 0 Å². The average Bonchev–Trinajstić information content (AvgIpc) is 2.74. The smallest absolute Gasteiger partial charge is 0.310 e. The molecule has 0 aromatic heterocycles. The van der Waals surface area contributed by atoms with Gasteiger partial charge in [0.2, 0.25) is 10.0 Å². The second kappa shape index (κ2) is 5.79. The van der Waals surface area contributed by atoms with Gasteiger partial charge in [0, 0.05) is 7.05 Å². The lowest BCUT2D eigenvalue weighted by atomic mass is 10.1. The fourth-order valence-corrected chi connectivity index (χ4v) is 3.38. The van der Waals surface area contributed by atoms with Gasteiger partial charge in [-0.05, 0) is 6.42 Å². The number of sulfonamides is 1. The summed E-state index contributed by atoms with van der Waals surface area (Å²) in [4.78, 5) is 11.0. The minimum Gasteiger partial charge on any atom is -0.481 e. The Morgan fingerprint density at radius 1 is 1.47 bits per heavy atom. The summed E-state index contributed by atoms with van der Waals surface area (Å²) in [6.45, 7) is 2.14. The molecule has 0 amide bonds. The lowest BCUT2D eigenvalue weighted by molar-refractivity contribution is -0.142. The normalized spacial score (nSPS) is 25.4. The zero-order valence-electron chi connectivity index (χ0n) is 10.1. The van der Waals surface area contributed by atoms with Gasteiger partial charge in [-0.2, -0.15) is 4.31 Å². The molecule has 1 aliphatic rings. The van der Waals surface area contributed by atoms with E-state index in [0.29, 0.717) is 6.42 Å². The zero-order valence-corrected chi connectivity index (χ0v) is 10.9. The summed E-state index contributed by atoms with van der Waals surface area (Å²) in [5.74, 6) is -1.72. The molecule has 0 spiro atoms. The number of nitrogens with zero attached hydrogens (tertiary/aromatic N) is 1. The molecule has 0 aliphatic carbocycles. The Morgan fingerprint density at radius 2 is 2.12 bits per heavy atom. The fraction of sp³-hybridized carbons (Fsp3) is 0.900. The first-order valence-corrected chi connectivity index (χ1v) is 7.27. The maximum atomic E-state index is 11.9. The Bertz CT molecular complexity index is 367. The van der Waals surface area contributed by atoms with Crippen LogP contribution in [0.25, 0.3) is 0 Å². The monoisotopic (exact) mass is 265 g/mol. The van der Waals surface area contributed by atoms with Crippen LogP contribution in [0.4, 0.5) is 0 Å². The predicted octanol–water partition coefficient (Wildman–Crippen LogP) is 0.148. The Labute approximate surface area is 102 Å². The second-order valence-electron chi connectivity index (χ2n) is 4.24. The SMILES string of the molecule is CCCCS(=O)(=O)N(C)C1COCC1C(=O)O. The molecule has 0 radical (unpaired) electrons. The molecule has 0 aromatic carbocycles. The average molecular weight is 265 g/mol. The van der Waals surface area contributed by atoms with Crippen molar-refractivity contribution in [2.24, 2.45) is 5.92 Å². The summed E-state index contributed by atoms with van der Waals surface area (Å²) in [5.41, 5.74) is 0. The van der Waals surface area contributed by atoms with Crippen LogP contribution in [0.15, 0.2) is 0 Å². The highest BCUT2D eigenvalue weighted by atomic mass is 32.2. The summed E-state index contributed by atoms with van der Waals surface area (Å²) in [6, 6.07) is -0.589. The molecular weight excluding hydrogens is 246 g/mol. The van der Waals surface area contributed by atoms with Gasteiger partial charge in [-0.25, -0.2) is 8.42 Å². The summed E-state index contributed by atoms with van der Waals surface area (Å²) in [6.07, 6.45) is 1.37. The van der Waals surface area contributed by atoms with E-state index in [0.717, 1.165) is 10.7 Å². The predicted molar refractivity (Wildman–Crippen MR) is 62.2 cm³/mol. The van der Waals surface area contributed by atoms with Gasteiger partial charge in [0.05, 0.1) is 30.9 Å². The molecule has 1 saturated heterocycles. The Hall–Kier alpha value is -0.660. The number of carboxylic acids is 1. The van der Waals surface area contributed by atoms with Gasteiger partial charge >= 0.3 is 5.97 Å². The Morgan fingerprint density at radius 3 is 2.65 bits per heavy atom. The second-order valence-corrected chi connectivity index (χ2v) is 6.38. The van der Waals surface area contributed by atoms with Crippen molar-refractivity contribution in [2.75, 3.05) is 26.0 Å². The highest BCUT2D eigenvalue weighted by molar-refractivity contribution is 7.89. The molecule has 0 bridgehead atoms. The maximum absolute atomic E-state index is 11.9. The van der Waals surface area contributed by atoms with Crippen molar-refractivity contribution in [3.05, 3.63) is 0 Å². The van der Waals surface area contributed by atoms with Gasteiger partial charge in [-0.3, -0.25) is 4.79 Å². The van der Waals surface area contributed by atoms with Gasteiger partial charge in [0.1, 0.15) is 0 Å². The largest absolute Gasteiger partial charge is 0.481 e. The van der Waals surface area contributed by atoms with Crippen LogP contribution in [0.3, 0.4) is 0 Å². The van der Waals surface area contributed by atoms with Crippen molar-refractivity contribution in [3.63, 3.8) is 0 Å². The first-order chi connectivity index (χ1) is 7.90. The number of carboxylic acid groups (broad SMARTS) is 1. The van der Waals surface area contributed by atoms with Crippen molar-refractivity contribution < 1.29 is 23.1 Å². The maximum Gasteiger partial charge on any atom is 0.310 e. The number of likely N-dealkylation sites (N-methyl/N-ethyl adjacent to an activating group) is 1. The molecule has 1 N–H and O–H groups in total. The summed E-state index contributed by atoms with van der Waals surface area (Å²) >= 11 is 0. The minimum atomic E-state index is -3.38. The van der Waals surface area contributed by atoms with E-state index in [2.05, 4.69) is 0 Å². The molecule has 1 fully saturated rings. The van der Waals surface area contributed by atoms with E-state index in [1.165, 1.54) is 7.05 Å². The van der Waals surface area contributed by atoms with Crippen LogP contribution in [0.2, 0.25) is 0 Å². The fourth-order valence-electron chi connectivity index (χ4n) is 1.81. The number of hydrogen-bond acceptors (Lipinski definition) is 4. The number of carbonyl (C=O) groups is 1. The lowest BCUT2D eigenvalue weighted by Gasteiger charge is -2.25. The molecule has 2 unspecified atom stereocenters. The standard InChI is InChI=1S/C10H19NO5S/c1-3-4-5-17(14,15)11(2)9-7-16-6-8(9)10(12)13/h8-9H,3-7H2,1-2H3,(H,12,13). The van der Waals surface area contributed by atoms with Crippen molar-refractivity contribution in [2.45, 2.75) is 25.8 Å². The van der Waals surface area contributed by atoms with Crippen molar-refractivity contribution in [3.8, 4) is 0 Å². The summed E-state index contributed by atoms with van der Waals surface area (Å²) < 4.78 is 30.1. The van der Waals surface area contributed by atoms with E-state index >= 15 is 0 Å². The van der Waals surface area contributed by atoms with Gasteiger partial charge in [-0.15, -0.1) is 0 Å². The van der Waals surface area contributed by atoms with Crippen molar-refractivity contribution in [1.29, 1.82) is 0 Å². The zero-order chi connectivity index (χ0) is 13.1. The number of rotatable bonds is 6. The van der Waals surface area contributed by atoms with Crippen LogP contribution in [0.1, 0.15) is 19.8 Å². The molecular formula is C10H19NO5S. The molecule has 100 valence electrons. The number of hydrogen-bond donors (Lipinski definition) is 1. The highest BCUT2D eigenvalue weighted by Crippen LogP contribution is 2.21. The summed E-state index contributed by atoms with van der Waals surface area (Å²) in [7, 11) is -1.95. The number of ether oxygens (including phenoxy) is 1. The molecule has 1 rings (SSSR count). The van der Waals surface area contributed by atoms with E-state index in [9.17, 15) is 13.2 Å². The van der Waals surface area contributed by atoms with Crippen LogP contribution in [-0.4, -0.2) is 55.9 Å². The first kappa shape index (κ1) is 14.4. The highest BCUT2D eigenvalue weighted by Gasteiger charge is 2.40. The van der Waals surface area contributed by atoms with Crippen LogP contribution in [0, 0.1) is 5.92 Å². The van der Waals surface area contributed by atoms with E-state index in [4.69, 9.17) is 9.84 Å². The van der Waals surface area contributed by atoms with Gasteiger partial charge in [0.15, 0.2) is 0 Å². The third-order valence-electron chi connectivity index (χ3n) is 3.03. The van der Waals surface area contributed by atoms with Gasteiger partial charge in [0.25, 0.3) is 0 Å². The number of aliphatic carboxylic acids is 1. The van der Waals surface area contributed by atoms with E-state index in [1.807, 2.05) is 6.92 Å². The quantitative estimate of drug-likeness (QED) is 0.739. The minimum absolute atomic E-state index is 0.0584. The van der Waals surface area contributed by atoms with Crippen LogP contribution in [-0.2, 0) is 19.6 Å². The Kier molecular flexibility index (Phi) is 4.91. The summed E-state index contributed by atoms with van der Waals surface area (Å²) in [5, 5.41) is 8.97. The first-order valence-electron chi connectivity index (χ1n) is 5.66. The topological polar surface area (TPSA) is 83.9 Å². The van der Waals surface area contributed by atoms with E-state index in [1.54, 1.807) is 0 Å². The molecule has 1 heterocycles. The lowest BCUT2D eigenvalue weighted by Crippen LogP contribution is -2.44. The van der Waals surface area contributed by atoms with E-state index < -0.39 is 28.0 Å². The van der Waals surface area contributed by atoms with Crippen LogP contribution in [0.5, 0.6) is 0 Å².